The lowest BCUT2D eigenvalue weighted by Gasteiger charge is -2.60. The zero-order valence-electron chi connectivity index (χ0n) is 16.3. The first kappa shape index (κ1) is 17.8. The van der Waals surface area contributed by atoms with Crippen LogP contribution in [-0.2, 0) is 9.53 Å². The number of carbonyl (C=O) groups excluding carboxylic acids is 1. The van der Waals surface area contributed by atoms with Crippen molar-refractivity contribution in [2.45, 2.75) is 97.2 Å². The summed E-state index contributed by atoms with van der Waals surface area (Å²) >= 11 is 0. The summed E-state index contributed by atoms with van der Waals surface area (Å²) in [5.41, 5.74) is 0.630. The maximum atomic E-state index is 11.9. The van der Waals surface area contributed by atoms with Crippen molar-refractivity contribution in [3.8, 4) is 0 Å². The molecule has 4 rings (SSSR count). The topological polar surface area (TPSA) is 46.5 Å². The van der Waals surface area contributed by atoms with E-state index in [9.17, 15) is 9.90 Å². The van der Waals surface area contributed by atoms with Gasteiger partial charge in [-0.05, 0) is 86.9 Å². The average molecular weight is 349 g/mol. The Morgan fingerprint density at radius 2 is 1.72 bits per heavy atom. The van der Waals surface area contributed by atoms with Crippen molar-refractivity contribution >= 4 is 5.97 Å². The lowest BCUT2D eigenvalue weighted by molar-refractivity contribution is -0.165. The molecule has 25 heavy (non-hydrogen) atoms. The van der Waals surface area contributed by atoms with E-state index in [1.54, 1.807) is 0 Å². The number of rotatable bonds is 2. The Balaban J connectivity index is 1.55. The molecule has 0 aromatic carbocycles. The summed E-state index contributed by atoms with van der Waals surface area (Å²) < 4.78 is 5.89. The molecule has 0 amide bonds. The van der Waals surface area contributed by atoms with Crippen LogP contribution in [0.3, 0.4) is 0 Å². The third-order valence-electron chi connectivity index (χ3n) is 9.11. The second-order valence-electron chi connectivity index (χ2n) is 10.0. The highest BCUT2D eigenvalue weighted by Crippen LogP contribution is 2.66. The van der Waals surface area contributed by atoms with Crippen molar-refractivity contribution in [3.05, 3.63) is 0 Å². The van der Waals surface area contributed by atoms with Crippen LogP contribution >= 0.6 is 0 Å². The Kier molecular flexibility index (Phi) is 4.46. The molecule has 142 valence electrons. The monoisotopic (exact) mass is 348 g/mol. The summed E-state index contributed by atoms with van der Waals surface area (Å²) in [7, 11) is 0. The molecule has 0 spiro atoms. The minimum Gasteiger partial charge on any atom is -0.462 e. The number of aliphatic hydroxyl groups is 1. The Labute approximate surface area is 152 Å². The minimum absolute atomic E-state index is 0.0223. The zero-order valence-corrected chi connectivity index (χ0v) is 16.3. The van der Waals surface area contributed by atoms with Crippen molar-refractivity contribution in [1.29, 1.82) is 0 Å². The van der Waals surface area contributed by atoms with E-state index in [1.807, 2.05) is 6.92 Å². The van der Waals surface area contributed by atoms with Crippen molar-refractivity contribution < 1.29 is 14.6 Å². The largest absolute Gasteiger partial charge is 0.462 e. The summed E-state index contributed by atoms with van der Waals surface area (Å²) in [4.78, 5) is 11.9. The molecule has 3 nitrogen and oxygen atoms in total. The molecule has 0 heterocycles. The molecule has 4 aliphatic rings. The van der Waals surface area contributed by atoms with Crippen LogP contribution in [0.25, 0.3) is 0 Å². The van der Waals surface area contributed by atoms with Crippen molar-refractivity contribution in [2.24, 2.45) is 34.5 Å². The molecule has 4 aliphatic carbocycles. The van der Waals surface area contributed by atoms with Gasteiger partial charge < -0.3 is 9.84 Å². The van der Waals surface area contributed by atoms with E-state index >= 15 is 0 Å². The third kappa shape index (κ3) is 2.67. The number of hydrogen-bond acceptors (Lipinski definition) is 3. The third-order valence-corrected chi connectivity index (χ3v) is 9.11. The van der Waals surface area contributed by atoms with Gasteiger partial charge in [-0.25, -0.2) is 0 Å². The Morgan fingerprint density at radius 1 is 1.00 bits per heavy atom. The first-order valence-electron chi connectivity index (χ1n) is 10.8. The van der Waals surface area contributed by atoms with Crippen molar-refractivity contribution in [2.75, 3.05) is 0 Å². The fourth-order valence-electron chi connectivity index (χ4n) is 7.62. The van der Waals surface area contributed by atoms with E-state index in [-0.39, 0.29) is 23.6 Å². The van der Waals surface area contributed by atoms with E-state index in [0.29, 0.717) is 11.8 Å². The number of ether oxygens (including phenoxy) is 1. The molecule has 0 radical (unpaired) electrons. The highest BCUT2D eigenvalue weighted by atomic mass is 16.5. The molecule has 4 fully saturated rings. The normalized spacial score (nSPS) is 52.0. The summed E-state index contributed by atoms with van der Waals surface area (Å²) in [6.07, 6.45) is 11.2. The number of esters is 1. The van der Waals surface area contributed by atoms with Crippen LogP contribution < -0.4 is 0 Å². The van der Waals surface area contributed by atoms with Gasteiger partial charge in [0.25, 0.3) is 0 Å². The molecule has 4 saturated carbocycles. The smallest absolute Gasteiger partial charge is 0.305 e. The van der Waals surface area contributed by atoms with Gasteiger partial charge in [-0.1, -0.05) is 20.8 Å². The molecule has 0 unspecified atom stereocenters. The van der Waals surface area contributed by atoms with Crippen LogP contribution in [0.4, 0.5) is 0 Å². The molecule has 1 N–H and O–H groups in total. The molecule has 0 saturated heterocycles. The van der Waals surface area contributed by atoms with Gasteiger partial charge in [0, 0.05) is 11.8 Å². The predicted octanol–water partition coefficient (Wildman–Crippen LogP) is 4.71. The zero-order chi connectivity index (χ0) is 17.8. The Morgan fingerprint density at radius 3 is 2.48 bits per heavy atom. The molecule has 0 aromatic rings. The summed E-state index contributed by atoms with van der Waals surface area (Å²) in [6.45, 7) is 6.84. The summed E-state index contributed by atoms with van der Waals surface area (Å²) in [5, 5.41) is 10.1. The van der Waals surface area contributed by atoms with E-state index < -0.39 is 0 Å². The number of fused-ring (bicyclic) bond motifs is 5. The molecule has 0 aliphatic heterocycles. The average Bonchev–Trinajstić information content (AvgIpc) is 2.92. The maximum Gasteiger partial charge on any atom is 0.305 e. The van der Waals surface area contributed by atoms with Gasteiger partial charge in [0.15, 0.2) is 0 Å². The van der Waals surface area contributed by atoms with E-state index in [2.05, 4.69) is 13.8 Å². The maximum absolute atomic E-state index is 11.9. The van der Waals surface area contributed by atoms with Gasteiger partial charge in [0.05, 0.1) is 6.10 Å². The molecule has 3 heteroatoms. The lowest BCUT2D eigenvalue weighted by Crippen LogP contribution is -2.54. The van der Waals surface area contributed by atoms with Crippen molar-refractivity contribution in [3.63, 3.8) is 0 Å². The van der Waals surface area contributed by atoms with E-state index in [1.165, 1.54) is 38.5 Å². The Hall–Kier alpha value is -0.570. The summed E-state index contributed by atoms with van der Waals surface area (Å²) in [5.74, 6) is 3.05. The molecule has 0 aromatic heterocycles. The van der Waals surface area contributed by atoms with Crippen LogP contribution in [0.1, 0.15) is 85.0 Å². The second kappa shape index (κ2) is 6.25. The Bertz CT molecular complexity index is 531. The second-order valence-corrected chi connectivity index (χ2v) is 10.0. The van der Waals surface area contributed by atoms with Crippen LogP contribution in [0.15, 0.2) is 0 Å². The SMILES string of the molecule is CCC(=O)O[C@H]1CC[C@H]2[C@@H]3CC[C@H]4C[C@H](O)CC[C@]4(C)[C@H]3CC[C@]12C. The lowest BCUT2D eigenvalue weighted by atomic mass is 9.45. The number of aliphatic hydroxyl groups excluding tert-OH is 1. The van der Waals surface area contributed by atoms with Gasteiger partial charge in [0.2, 0.25) is 0 Å². The standard InChI is InChI=1S/C22H36O3/c1-4-20(24)25-19-8-7-17-16-6-5-14-13-15(23)9-11-21(14,2)18(16)10-12-22(17,19)3/h14-19,23H,4-13H2,1-3H3/t14-,15+,16-,17-,18-,19-,21-,22-/m0/s1. The van der Waals surface area contributed by atoms with Crippen LogP contribution in [0, 0.1) is 34.5 Å². The fourth-order valence-corrected chi connectivity index (χ4v) is 7.62. The summed E-state index contributed by atoms with van der Waals surface area (Å²) in [6, 6.07) is 0. The van der Waals surface area contributed by atoms with Gasteiger partial charge in [-0.15, -0.1) is 0 Å². The molecular formula is C22H36O3. The highest BCUT2D eigenvalue weighted by molar-refractivity contribution is 5.69. The molecule has 0 bridgehead atoms. The van der Waals surface area contributed by atoms with E-state index in [4.69, 9.17) is 4.74 Å². The minimum atomic E-state index is -0.0622. The van der Waals surface area contributed by atoms with Gasteiger partial charge in [-0.3, -0.25) is 4.79 Å². The van der Waals surface area contributed by atoms with Crippen molar-refractivity contribution in [1.82, 2.24) is 0 Å². The predicted molar refractivity (Wildman–Crippen MR) is 97.9 cm³/mol. The number of carbonyl (C=O) groups is 1. The fraction of sp³-hybridized carbons (Fsp3) is 0.955. The van der Waals surface area contributed by atoms with E-state index in [0.717, 1.165) is 42.9 Å². The van der Waals surface area contributed by atoms with Crippen LogP contribution in [-0.4, -0.2) is 23.3 Å². The molecule has 8 atom stereocenters. The van der Waals surface area contributed by atoms with Gasteiger partial charge >= 0.3 is 5.97 Å². The highest BCUT2D eigenvalue weighted by Gasteiger charge is 2.60. The first-order valence-corrected chi connectivity index (χ1v) is 10.8. The quantitative estimate of drug-likeness (QED) is 0.735. The van der Waals surface area contributed by atoms with Crippen LogP contribution in [0.5, 0.6) is 0 Å². The van der Waals surface area contributed by atoms with Gasteiger partial charge in [0.1, 0.15) is 6.10 Å². The number of hydrogen-bond donors (Lipinski definition) is 1. The van der Waals surface area contributed by atoms with Crippen LogP contribution in [0.2, 0.25) is 0 Å². The first-order chi connectivity index (χ1) is 11.9. The molecular weight excluding hydrogens is 312 g/mol. The van der Waals surface area contributed by atoms with Gasteiger partial charge in [-0.2, -0.15) is 0 Å².